The van der Waals surface area contributed by atoms with E-state index in [4.69, 9.17) is 4.74 Å². The second kappa shape index (κ2) is 7.18. The average molecular weight is 302 g/mol. The lowest BCUT2D eigenvalue weighted by molar-refractivity contribution is 0.101. The number of rotatable bonds is 6. The molecule has 2 rings (SSSR count). The molecule has 0 radical (unpaired) electrons. The van der Waals surface area contributed by atoms with Gasteiger partial charge in [-0.05, 0) is 30.2 Å². The Bertz CT molecular complexity index is 665. The van der Waals surface area contributed by atoms with Gasteiger partial charge in [0.05, 0.1) is 18.4 Å². The van der Waals surface area contributed by atoms with E-state index in [2.05, 4.69) is 0 Å². The molecule has 0 spiro atoms. The molecule has 2 aromatic carbocycles. The summed E-state index contributed by atoms with van der Waals surface area (Å²) in [6, 6.07) is 14.8. The van der Waals surface area contributed by atoms with E-state index in [1.165, 1.54) is 7.11 Å². The summed E-state index contributed by atoms with van der Waals surface area (Å²) in [5.41, 5.74) is 2.59. The van der Waals surface area contributed by atoms with Crippen LogP contribution < -0.4 is 4.74 Å². The number of ketones is 1. The standard InChI is InChI=1S/C17H18O3S/c1-13-7-3-4-8-14(13)11-21(19)12-16(18)15-9-5-6-10-17(15)20-2/h3-10H,11-12H2,1-2H3. The van der Waals surface area contributed by atoms with Crippen molar-refractivity contribution in [2.45, 2.75) is 12.7 Å². The van der Waals surface area contributed by atoms with E-state index in [1.54, 1.807) is 24.3 Å². The first kappa shape index (κ1) is 15.4. The molecule has 2 aromatic rings. The number of carbonyl (C=O) groups is 1. The fourth-order valence-corrected chi connectivity index (χ4v) is 3.32. The molecule has 1 atom stereocenters. The summed E-state index contributed by atoms with van der Waals surface area (Å²) in [5.74, 6) is 0.775. The number of para-hydroxylation sites is 1. The molecular formula is C17H18O3S. The van der Waals surface area contributed by atoms with Crippen LogP contribution in [0.4, 0.5) is 0 Å². The molecule has 0 saturated heterocycles. The zero-order valence-corrected chi connectivity index (χ0v) is 13.0. The maximum atomic E-state index is 12.2. The van der Waals surface area contributed by atoms with E-state index in [1.807, 2.05) is 31.2 Å². The van der Waals surface area contributed by atoms with Crippen LogP contribution in [0.3, 0.4) is 0 Å². The summed E-state index contributed by atoms with van der Waals surface area (Å²) in [6.07, 6.45) is 0. The first-order valence-electron chi connectivity index (χ1n) is 6.67. The first-order chi connectivity index (χ1) is 10.1. The van der Waals surface area contributed by atoms with Crippen LogP contribution >= 0.6 is 0 Å². The van der Waals surface area contributed by atoms with E-state index >= 15 is 0 Å². The Labute approximate surface area is 127 Å². The molecule has 110 valence electrons. The van der Waals surface area contributed by atoms with Crippen LogP contribution in [0.25, 0.3) is 0 Å². The molecule has 1 unspecified atom stereocenters. The van der Waals surface area contributed by atoms with Gasteiger partial charge >= 0.3 is 0 Å². The van der Waals surface area contributed by atoms with Gasteiger partial charge in [0.15, 0.2) is 5.78 Å². The van der Waals surface area contributed by atoms with Crippen molar-refractivity contribution >= 4 is 16.6 Å². The van der Waals surface area contributed by atoms with Crippen LogP contribution in [-0.2, 0) is 16.6 Å². The molecule has 0 aliphatic heterocycles. The molecule has 0 heterocycles. The molecule has 0 aliphatic carbocycles. The third kappa shape index (κ3) is 4.02. The van der Waals surface area contributed by atoms with E-state index in [-0.39, 0.29) is 11.5 Å². The lowest BCUT2D eigenvalue weighted by atomic mass is 10.1. The highest BCUT2D eigenvalue weighted by Crippen LogP contribution is 2.18. The van der Waals surface area contributed by atoms with E-state index in [0.717, 1.165) is 11.1 Å². The molecule has 0 bridgehead atoms. The number of ether oxygens (including phenoxy) is 1. The summed E-state index contributed by atoms with van der Waals surface area (Å²) >= 11 is 0. The van der Waals surface area contributed by atoms with Crippen LogP contribution in [0.1, 0.15) is 21.5 Å². The van der Waals surface area contributed by atoms with Gasteiger partial charge in [-0.3, -0.25) is 9.00 Å². The highest BCUT2D eigenvalue weighted by molar-refractivity contribution is 7.85. The van der Waals surface area contributed by atoms with Crippen LogP contribution in [0.2, 0.25) is 0 Å². The van der Waals surface area contributed by atoms with Gasteiger partial charge in [-0.15, -0.1) is 0 Å². The summed E-state index contributed by atoms with van der Waals surface area (Å²) in [4.78, 5) is 12.2. The van der Waals surface area contributed by atoms with Crippen molar-refractivity contribution in [3.63, 3.8) is 0 Å². The maximum Gasteiger partial charge on any atom is 0.179 e. The third-order valence-corrected chi connectivity index (χ3v) is 4.49. The van der Waals surface area contributed by atoms with Crippen molar-refractivity contribution in [3.05, 3.63) is 65.2 Å². The second-order valence-corrected chi connectivity index (χ2v) is 6.24. The molecule has 0 aliphatic rings. The van der Waals surface area contributed by atoms with Crippen molar-refractivity contribution < 1.29 is 13.7 Å². The van der Waals surface area contributed by atoms with Gasteiger partial charge < -0.3 is 4.74 Å². The number of methoxy groups -OCH3 is 1. The number of hydrogen-bond donors (Lipinski definition) is 0. The summed E-state index contributed by atoms with van der Waals surface area (Å²) in [7, 11) is 0.297. The third-order valence-electron chi connectivity index (χ3n) is 3.28. The first-order valence-corrected chi connectivity index (χ1v) is 8.16. The topological polar surface area (TPSA) is 43.4 Å². The Morgan fingerprint density at radius 2 is 1.76 bits per heavy atom. The molecule has 21 heavy (non-hydrogen) atoms. The molecule has 0 saturated carbocycles. The predicted molar refractivity (Wildman–Crippen MR) is 85.2 cm³/mol. The number of carbonyl (C=O) groups excluding carboxylic acids is 1. The summed E-state index contributed by atoms with van der Waals surface area (Å²) in [5, 5.41) is 0. The Balaban J connectivity index is 2.06. The number of Topliss-reactive ketones (excluding diaryl/α,β-unsaturated/α-hetero) is 1. The maximum absolute atomic E-state index is 12.2. The highest BCUT2D eigenvalue weighted by Gasteiger charge is 2.15. The smallest absolute Gasteiger partial charge is 0.179 e. The molecule has 0 N–H and O–H groups in total. The monoisotopic (exact) mass is 302 g/mol. The molecule has 4 heteroatoms. The number of benzene rings is 2. The zero-order chi connectivity index (χ0) is 15.2. The van der Waals surface area contributed by atoms with Gasteiger partial charge in [-0.25, -0.2) is 0 Å². The molecule has 0 amide bonds. The van der Waals surface area contributed by atoms with Gasteiger partial charge in [0.1, 0.15) is 5.75 Å². The van der Waals surface area contributed by atoms with Crippen LogP contribution in [-0.4, -0.2) is 22.9 Å². The minimum Gasteiger partial charge on any atom is -0.496 e. The second-order valence-electron chi connectivity index (χ2n) is 4.78. The van der Waals surface area contributed by atoms with Gasteiger partial charge in [0.2, 0.25) is 0 Å². The quantitative estimate of drug-likeness (QED) is 0.770. The van der Waals surface area contributed by atoms with E-state index in [9.17, 15) is 9.00 Å². The molecular weight excluding hydrogens is 284 g/mol. The van der Waals surface area contributed by atoms with E-state index in [0.29, 0.717) is 17.1 Å². The van der Waals surface area contributed by atoms with Crippen molar-refractivity contribution in [3.8, 4) is 5.75 Å². The SMILES string of the molecule is COc1ccccc1C(=O)CS(=O)Cc1ccccc1C. The van der Waals surface area contributed by atoms with Gasteiger partial charge in [-0.2, -0.15) is 0 Å². The van der Waals surface area contributed by atoms with Gasteiger partial charge in [0, 0.05) is 16.6 Å². The Morgan fingerprint density at radius 3 is 2.48 bits per heavy atom. The molecule has 0 aromatic heterocycles. The van der Waals surface area contributed by atoms with Gasteiger partial charge in [-0.1, -0.05) is 36.4 Å². The fraction of sp³-hybridized carbons (Fsp3) is 0.235. The molecule has 3 nitrogen and oxygen atoms in total. The van der Waals surface area contributed by atoms with Crippen LogP contribution in [0.15, 0.2) is 48.5 Å². The van der Waals surface area contributed by atoms with Gasteiger partial charge in [0.25, 0.3) is 0 Å². The zero-order valence-electron chi connectivity index (χ0n) is 12.2. The summed E-state index contributed by atoms with van der Waals surface area (Å²) < 4.78 is 17.4. The van der Waals surface area contributed by atoms with Crippen molar-refractivity contribution in [2.75, 3.05) is 12.9 Å². The fourth-order valence-electron chi connectivity index (χ4n) is 2.10. The average Bonchev–Trinajstić information content (AvgIpc) is 2.49. The normalized spacial score (nSPS) is 11.9. The molecule has 0 fully saturated rings. The minimum atomic E-state index is -1.23. The Kier molecular flexibility index (Phi) is 5.28. The highest BCUT2D eigenvalue weighted by atomic mass is 32.2. The minimum absolute atomic E-state index is 0.00864. The Morgan fingerprint density at radius 1 is 1.10 bits per heavy atom. The summed E-state index contributed by atoms with van der Waals surface area (Å²) in [6.45, 7) is 1.98. The lowest BCUT2D eigenvalue weighted by Crippen LogP contribution is -2.13. The van der Waals surface area contributed by atoms with Crippen LogP contribution in [0, 0.1) is 6.92 Å². The van der Waals surface area contributed by atoms with Crippen LogP contribution in [0.5, 0.6) is 5.75 Å². The van der Waals surface area contributed by atoms with E-state index < -0.39 is 10.8 Å². The number of aryl methyl sites for hydroxylation is 1. The predicted octanol–water partition coefficient (Wildman–Crippen LogP) is 3.14. The largest absolute Gasteiger partial charge is 0.496 e. The lowest BCUT2D eigenvalue weighted by Gasteiger charge is -2.08. The van der Waals surface area contributed by atoms with Crippen molar-refractivity contribution in [1.82, 2.24) is 0 Å². The van der Waals surface area contributed by atoms with Crippen molar-refractivity contribution in [1.29, 1.82) is 0 Å². The number of hydrogen-bond acceptors (Lipinski definition) is 3. The van der Waals surface area contributed by atoms with Crippen molar-refractivity contribution in [2.24, 2.45) is 0 Å². The Hall–Kier alpha value is -1.94.